The van der Waals surface area contributed by atoms with Crippen LogP contribution in [0.5, 0.6) is 0 Å². The van der Waals surface area contributed by atoms with Crippen molar-refractivity contribution in [3.8, 4) is 0 Å². The van der Waals surface area contributed by atoms with Gasteiger partial charge < -0.3 is 10.2 Å². The number of hydrogen-bond donors (Lipinski definition) is 1. The standard InChI is InChI=1S/C13H28N2/c1-5-7-14-13(4)10-15-8-6-11(2)12(3)9-15/h11-14H,5-10H2,1-4H3. The van der Waals surface area contributed by atoms with Crippen LogP contribution in [0.1, 0.15) is 40.5 Å². The van der Waals surface area contributed by atoms with Gasteiger partial charge in [-0.1, -0.05) is 20.8 Å². The van der Waals surface area contributed by atoms with Crippen molar-refractivity contribution in [2.75, 3.05) is 26.2 Å². The maximum atomic E-state index is 3.56. The van der Waals surface area contributed by atoms with E-state index in [1.165, 1.54) is 32.5 Å². The summed E-state index contributed by atoms with van der Waals surface area (Å²) in [4.78, 5) is 2.62. The largest absolute Gasteiger partial charge is 0.313 e. The summed E-state index contributed by atoms with van der Waals surface area (Å²) in [7, 11) is 0. The van der Waals surface area contributed by atoms with E-state index < -0.39 is 0 Å². The summed E-state index contributed by atoms with van der Waals surface area (Å²) in [6.07, 6.45) is 2.61. The maximum Gasteiger partial charge on any atom is 0.0166 e. The first-order chi connectivity index (χ1) is 7.13. The number of hydrogen-bond acceptors (Lipinski definition) is 2. The van der Waals surface area contributed by atoms with E-state index in [9.17, 15) is 0 Å². The zero-order valence-corrected chi connectivity index (χ0v) is 10.9. The van der Waals surface area contributed by atoms with E-state index in [-0.39, 0.29) is 0 Å². The molecule has 0 aromatic rings. The molecule has 0 aromatic heterocycles. The molecule has 0 radical (unpaired) electrons. The fourth-order valence-corrected chi connectivity index (χ4v) is 2.36. The quantitative estimate of drug-likeness (QED) is 0.752. The highest BCUT2D eigenvalue weighted by Gasteiger charge is 2.23. The van der Waals surface area contributed by atoms with Crippen molar-refractivity contribution in [2.24, 2.45) is 11.8 Å². The fourth-order valence-electron chi connectivity index (χ4n) is 2.36. The van der Waals surface area contributed by atoms with E-state index in [1.54, 1.807) is 0 Å². The molecule has 1 N–H and O–H groups in total. The molecule has 3 atom stereocenters. The third kappa shape index (κ3) is 4.52. The van der Waals surface area contributed by atoms with Crippen LogP contribution >= 0.6 is 0 Å². The van der Waals surface area contributed by atoms with E-state index in [0.29, 0.717) is 6.04 Å². The molecule has 1 fully saturated rings. The molecular weight excluding hydrogens is 184 g/mol. The topological polar surface area (TPSA) is 15.3 Å². The molecule has 1 heterocycles. The van der Waals surface area contributed by atoms with E-state index in [1.807, 2.05) is 0 Å². The van der Waals surface area contributed by atoms with E-state index in [2.05, 4.69) is 37.9 Å². The Morgan fingerprint density at radius 3 is 2.67 bits per heavy atom. The number of likely N-dealkylation sites (tertiary alicyclic amines) is 1. The van der Waals surface area contributed by atoms with Crippen LogP contribution in [0.4, 0.5) is 0 Å². The molecular formula is C13H28N2. The SMILES string of the molecule is CCCNC(C)CN1CCC(C)C(C)C1. The zero-order valence-electron chi connectivity index (χ0n) is 10.9. The molecule has 1 aliphatic rings. The van der Waals surface area contributed by atoms with Crippen molar-refractivity contribution in [2.45, 2.75) is 46.6 Å². The molecule has 0 saturated carbocycles. The molecule has 0 bridgehead atoms. The van der Waals surface area contributed by atoms with Crippen molar-refractivity contribution in [3.05, 3.63) is 0 Å². The predicted molar refractivity (Wildman–Crippen MR) is 67.1 cm³/mol. The third-order valence-corrected chi connectivity index (χ3v) is 3.69. The van der Waals surface area contributed by atoms with Crippen LogP contribution in [0.3, 0.4) is 0 Å². The Labute approximate surface area is 95.4 Å². The fraction of sp³-hybridized carbons (Fsp3) is 1.00. The lowest BCUT2D eigenvalue weighted by molar-refractivity contribution is 0.129. The Kier molecular flexibility index (Phi) is 5.62. The first-order valence-corrected chi connectivity index (χ1v) is 6.59. The van der Waals surface area contributed by atoms with Gasteiger partial charge in [0.05, 0.1) is 0 Å². The lowest BCUT2D eigenvalue weighted by Gasteiger charge is -2.36. The van der Waals surface area contributed by atoms with Gasteiger partial charge in [-0.2, -0.15) is 0 Å². The number of nitrogens with one attached hydrogen (secondary N) is 1. The van der Waals surface area contributed by atoms with Crippen molar-refractivity contribution in [1.82, 2.24) is 10.2 Å². The Morgan fingerprint density at radius 1 is 1.33 bits per heavy atom. The normalized spacial score (nSPS) is 30.4. The van der Waals surface area contributed by atoms with Gasteiger partial charge in [0.2, 0.25) is 0 Å². The van der Waals surface area contributed by atoms with Gasteiger partial charge in [0.1, 0.15) is 0 Å². The summed E-state index contributed by atoms with van der Waals surface area (Å²) in [5.74, 6) is 1.79. The molecule has 0 amide bonds. The second-order valence-corrected chi connectivity index (χ2v) is 5.36. The van der Waals surface area contributed by atoms with Gasteiger partial charge in [0.15, 0.2) is 0 Å². The number of piperidine rings is 1. The second-order valence-electron chi connectivity index (χ2n) is 5.36. The molecule has 3 unspecified atom stereocenters. The number of rotatable bonds is 5. The smallest absolute Gasteiger partial charge is 0.0166 e. The van der Waals surface area contributed by atoms with Crippen LogP contribution in [0, 0.1) is 11.8 Å². The number of nitrogens with zero attached hydrogens (tertiary/aromatic N) is 1. The first-order valence-electron chi connectivity index (χ1n) is 6.59. The lowest BCUT2D eigenvalue weighted by Crippen LogP contribution is -2.45. The molecule has 1 rings (SSSR count). The zero-order chi connectivity index (χ0) is 11.3. The van der Waals surface area contributed by atoms with Gasteiger partial charge >= 0.3 is 0 Å². The minimum absolute atomic E-state index is 0.644. The Bertz CT molecular complexity index is 170. The van der Waals surface area contributed by atoms with E-state index in [4.69, 9.17) is 0 Å². The molecule has 0 aliphatic carbocycles. The summed E-state index contributed by atoms with van der Waals surface area (Å²) in [6, 6.07) is 0.644. The van der Waals surface area contributed by atoms with Gasteiger partial charge in [0, 0.05) is 19.1 Å². The van der Waals surface area contributed by atoms with Crippen LogP contribution in [-0.4, -0.2) is 37.1 Å². The summed E-state index contributed by atoms with van der Waals surface area (Å²) in [5, 5.41) is 3.56. The molecule has 1 aliphatic heterocycles. The van der Waals surface area contributed by atoms with Gasteiger partial charge in [-0.05, 0) is 44.7 Å². The van der Waals surface area contributed by atoms with Crippen molar-refractivity contribution >= 4 is 0 Å². The Morgan fingerprint density at radius 2 is 2.07 bits per heavy atom. The average Bonchev–Trinajstić information content (AvgIpc) is 2.20. The van der Waals surface area contributed by atoms with Crippen LogP contribution in [0.25, 0.3) is 0 Å². The highest BCUT2D eigenvalue weighted by Crippen LogP contribution is 2.22. The van der Waals surface area contributed by atoms with Gasteiger partial charge in [0.25, 0.3) is 0 Å². The highest BCUT2D eigenvalue weighted by molar-refractivity contribution is 4.77. The summed E-state index contributed by atoms with van der Waals surface area (Å²) < 4.78 is 0. The predicted octanol–water partition coefficient (Wildman–Crippen LogP) is 2.35. The van der Waals surface area contributed by atoms with Crippen molar-refractivity contribution < 1.29 is 0 Å². The highest BCUT2D eigenvalue weighted by atomic mass is 15.2. The van der Waals surface area contributed by atoms with Crippen molar-refractivity contribution in [3.63, 3.8) is 0 Å². The van der Waals surface area contributed by atoms with Gasteiger partial charge in [-0.15, -0.1) is 0 Å². The molecule has 15 heavy (non-hydrogen) atoms. The third-order valence-electron chi connectivity index (χ3n) is 3.69. The summed E-state index contributed by atoms with van der Waals surface area (Å²) in [6.45, 7) is 14.3. The Balaban J connectivity index is 2.21. The summed E-state index contributed by atoms with van der Waals surface area (Å²) >= 11 is 0. The lowest BCUT2D eigenvalue weighted by atomic mass is 9.88. The molecule has 0 spiro atoms. The molecule has 2 nitrogen and oxygen atoms in total. The molecule has 1 saturated heterocycles. The minimum Gasteiger partial charge on any atom is -0.313 e. The minimum atomic E-state index is 0.644. The van der Waals surface area contributed by atoms with Gasteiger partial charge in [-0.25, -0.2) is 0 Å². The summed E-state index contributed by atoms with van der Waals surface area (Å²) in [5.41, 5.74) is 0. The van der Waals surface area contributed by atoms with Crippen molar-refractivity contribution in [1.29, 1.82) is 0 Å². The monoisotopic (exact) mass is 212 g/mol. The average molecular weight is 212 g/mol. The van der Waals surface area contributed by atoms with Crippen LogP contribution in [-0.2, 0) is 0 Å². The van der Waals surface area contributed by atoms with E-state index in [0.717, 1.165) is 18.4 Å². The van der Waals surface area contributed by atoms with Crippen LogP contribution < -0.4 is 5.32 Å². The van der Waals surface area contributed by atoms with Crippen LogP contribution in [0.2, 0.25) is 0 Å². The second kappa shape index (κ2) is 6.49. The van der Waals surface area contributed by atoms with E-state index >= 15 is 0 Å². The first kappa shape index (κ1) is 13.0. The molecule has 2 heteroatoms. The van der Waals surface area contributed by atoms with Gasteiger partial charge in [-0.3, -0.25) is 0 Å². The molecule has 0 aromatic carbocycles. The molecule has 90 valence electrons. The maximum absolute atomic E-state index is 3.56. The Hall–Kier alpha value is -0.0800. The van der Waals surface area contributed by atoms with Crippen LogP contribution in [0.15, 0.2) is 0 Å².